The van der Waals surface area contributed by atoms with Crippen LogP contribution in [0.15, 0.2) is 60.0 Å². The number of hydrogen-bond donors (Lipinski definition) is 2. The summed E-state index contributed by atoms with van der Waals surface area (Å²) in [5.41, 5.74) is 3.40. The number of nitrogens with one attached hydrogen (secondary N) is 1. The van der Waals surface area contributed by atoms with Gasteiger partial charge in [-0.2, -0.15) is 5.10 Å². The number of hydroxylamine groups is 1. The third kappa shape index (κ3) is 4.16. The lowest BCUT2D eigenvalue weighted by atomic mass is 10.1. The first-order chi connectivity index (χ1) is 14.2. The van der Waals surface area contributed by atoms with Crippen molar-refractivity contribution in [3.05, 3.63) is 65.6 Å². The Morgan fingerprint density at radius 2 is 1.90 bits per heavy atom. The largest absolute Gasteiger partial charge is 0.315 e. The molecule has 1 amide bonds. The molecular weight excluding hydrogens is 410 g/mol. The highest BCUT2D eigenvalue weighted by molar-refractivity contribution is 7.92. The molecule has 11 heteroatoms. The molecule has 0 aliphatic heterocycles. The first kappa shape index (κ1) is 21.4. The van der Waals surface area contributed by atoms with Crippen molar-refractivity contribution < 1.29 is 18.4 Å². The number of rotatable bonds is 7. The van der Waals surface area contributed by atoms with Crippen LogP contribution in [0.5, 0.6) is 0 Å². The molecule has 0 spiro atoms. The van der Waals surface area contributed by atoms with Gasteiger partial charge in [0.15, 0.2) is 14.6 Å². The average Bonchev–Trinajstić information content (AvgIpc) is 3.26. The van der Waals surface area contributed by atoms with Crippen molar-refractivity contribution >= 4 is 15.7 Å². The number of benzene rings is 1. The van der Waals surface area contributed by atoms with Gasteiger partial charge in [0.25, 0.3) is 11.5 Å². The van der Waals surface area contributed by atoms with Crippen LogP contribution in [0.2, 0.25) is 0 Å². The Labute approximate surface area is 172 Å². The van der Waals surface area contributed by atoms with Crippen LogP contribution in [0.1, 0.15) is 13.3 Å². The highest BCUT2D eigenvalue weighted by atomic mass is 32.2. The summed E-state index contributed by atoms with van der Waals surface area (Å²) in [5, 5.41) is 12.9. The zero-order valence-electron chi connectivity index (χ0n) is 16.4. The average molecular weight is 431 g/mol. The predicted octanol–water partition coefficient (Wildman–Crippen LogP) is 0.795. The molecule has 0 bridgehead atoms. The van der Waals surface area contributed by atoms with E-state index in [4.69, 9.17) is 5.21 Å². The minimum Gasteiger partial charge on any atom is -0.315 e. The van der Waals surface area contributed by atoms with Gasteiger partial charge in [0.2, 0.25) is 0 Å². The Hall–Kier alpha value is -3.31. The lowest BCUT2D eigenvalue weighted by Gasteiger charge is -2.25. The lowest BCUT2D eigenvalue weighted by molar-refractivity contribution is -0.131. The normalized spacial score (nSPS) is 13.6. The van der Waals surface area contributed by atoms with Gasteiger partial charge in [0.05, 0.1) is 5.69 Å². The Morgan fingerprint density at radius 1 is 1.20 bits per heavy atom. The van der Waals surface area contributed by atoms with Gasteiger partial charge in [-0.05, 0) is 42.7 Å². The zero-order valence-corrected chi connectivity index (χ0v) is 17.2. The zero-order chi connectivity index (χ0) is 21.9. The molecule has 1 atom stereocenters. The molecule has 0 fully saturated rings. The number of hydrogen-bond acceptors (Lipinski definition) is 7. The topological polar surface area (TPSA) is 136 Å². The third-order valence-electron chi connectivity index (χ3n) is 5.11. The summed E-state index contributed by atoms with van der Waals surface area (Å²) in [6, 6.07) is 10.6. The lowest BCUT2D eigenvalue weighted by Crippen LogP contribution is -2.49. The molecular formula is C19H21N5O5S. The van der Waals surface area contributed by atoms with Crippen LogP contribution in [0.4, 0.5) is 0 Å². The van der Waals surface area contributed by atoms with E-state index in [1.807, 2.05) is 24.3 Å². The van der Waals surface area contributed by atoms with Crippen LogP contribution in [-0.4, -0.2) is 49.9 Å². The van der Waals surface area contributed by atoms with E-state index in [2.05, 4.69) is 10.1 Å². The summed E-state index contributed by atoms with van der Waals surface area (Å²) in [4.78, 5) is 28.3. The van der Waals surface area contributed by atoms with Gasteiger partial charge >= 0.3 is 0 Å². The fourth-order valence-corrected chi connectivity index (χ4v) is 3.78. The monoisotopic (exact) mass is 431 g/mol. The summed E-state index contributed by atoms with van der Waals surface area (Å²) < 4.78 is 25.2. The van der Waals surface area contributed by atoms with Crippen molar-refractivity contribution in [1.82, 2.24) is 24.8 Å². The SMILES string of the molecule is C[C@@](CCn1ccc(-c2ccc(-n3cncn3)cc2)cc1=O)(C(=O)NO)S(C)(=O)=O. The summed E-state index contributed by atoms with van der Waals surface area (Å²) in [5.74, 6) is -1.04. The van der Waals surface area contributed by atoms with Crippen molar-refractivity contribution in [2.45, 2.75) is 24.6 Å². The molecule has 0 saturated carbocycles. The number of pyridine rings is 1. The summed E-state index contributed by atoms with van der Waals surface area (Å²) in [6.07, 6.45) is 5.30. The number of carbonyl (C=O) groups is 1. The second kappa shape index (κ2) is 8.20. The number of amides is 1. The number of sulfone groups is 1. The summed E-state index contributed by atoms with van der Waals surface area (Å²) in [7, 11) is -3.83. The predicted molar refractivity (Wildman–Crippen MR) is 109 cm³/mol. The fraction of sp³-hybridized carbons (Fsp3) is 0.263. The summed E-state index contributed by atoms with van der Waals surface area (Å²) in [6.45, 7) is 1.20. The maximum Gasteiger partial charge on any atom is 0.264 e. The second-order valence-corrected chi connectivity index (χ2v) is 9.47. The van der Waals surface area contributed by atoms with Crippen LogP contribution in [0.25, 0.3) is 16.8 Å². The fourth-order valence-electron chi connectivity index (χ4n) is 2.94. The minimum atomic E-state index is -3.83. The Bertz CT molecular complexity index is 1200. The van der Waals surface area contributed by atoms with Crippen LogP contribution < -0.4 is 11.0 Å². The molecule has 3 rings (SSSR count). The van der Waals surface area contributed by atoms with E-state index < -0.39 is 20.5 Å². The maximum absolute atomic E-state index is 12.5. The van der Waals surface area contributed by atoms with Gasteiger partial charge in [0.1, 0.15) is 12.7 Å². The first-order valence-electron chi connectivity index (χ1n) is 8.96. The molecule has 0 radical (unpaired) electrons. The van der Waals surface area contributed by atoms with Crippen molar-refractivity contribution in [1.29, 1.82) is 0 Å². The van der Waals surface area contributed by atoms with Gasteiger partial charge in [-0.1, -0.05) is 12.1 Å². The van der Waals surface area contributed by atoms with Gasteiger partial charge < -0.3 is 4.57 Å². The van der Waals surface area contributed by atoms with Crippen molar-refractivity contribution in [2.75, 3.05) is 6.26 Å². The molecule has 0 aliphatic carbocycles. The molecule has 0 aliphatic rings. The molecule has 3 aromatic rings. The summed E-state index contributed by atoms with van der Waals surface area (Å²) >= 11 is 0. The van der Waals surface area contributed by atoms with Gasteiger partial charge in [-0.3, -0.25) is 14.8 Å². The molecule has 2 aromatic heterocycles. The highest BCUT2D eigenvalue weighted by Crippen LogP contribution is 2.23. The Kier molecular flexibility index (Phi) is 5.85. The van der Waals surface area contributed by atoms with Gasteiger partial charge in [0, 0.05) is 25.1 Å². The number of nitrogens with zero attached hydrogens (tertiary/aromatic N) is 4. The van der Waals surface area contributed by atoms with Gasteiger partial charge in [-0.15, -0.1) is 0 Å². The molecule has 1 aromatic carbocycles. The van der Waals surface area contributed by atoms with Crippen molar-refractivity contribution in [3.8, 4) is 16.8 Å². The third-order valence-corrected chi connectivity index (χ3v) is 7.14. The molecule has 0 saturated heterocycles. The maximum atomic E-state index is 12.5. The van der Waals surface area contributed by atoms with E-state index in [1.54, 1.807) is 23.3 Å². The smallest absolute Gasteiger partial charge is 0.264 e. The van der Waals surface area contributed by atoms with E-state index in [0.29, 0.717) is 5.56 Å². The Morgan fingerprint density at radius 3 is 2.43 bits per heavy atom. The standard InChI is InChI=1S/C19H21N5O5S/c1-19(18(26)22-27,30(2,28)29)8-10-23-9-7-15(11-17(23)25)14-3-5-16(6-4-14)24-13-20-12-21-24/h3-7,9,11-13,27H,8,10H2,1-2H3,(H,22,26)/t19-/m1/s1. The van der Waals surface area contributed by atoms with E-state index >= 15 is 0 Å². The minimum absolute atomic E-state index is 0.0126. The molecule has 0 unspecified atom stereocenters. The van der Waals surface area contributed by atoms with Crippen LogP contribution >= 0.6 is 0 Å². The first-order valence-corrected chi connectivity index (χ1v) is 10.8. The molecule has 158 valence electrons. The van der Waals surface area contributed by atoms with E-state index in [1.165, 1.54) is 29.4 Å². The molecule has 30 heavy (non-hydrogen) atoms. The molecule has 2 heterocycles. The Balaban J connectivity index is 1.80. The van der Waals surface area contributed by atoms with Crippen molar-refractivity contribution in [3.63, 3.8) is 0 Å². The van der Waals surface area contributed by atoms with Crippen LogP contribution in [0, 0.1) is 0 Å². The van der Waals surface area contributed by atoms with E-state index in [0.717, 1.165) is 17.5 Å². The van der Waals surface area contributed by atoms with Crippen LogP contribution in [-0.2, 0) is 21.2 Å². The molecule has 2 N–H and O–H groups in total. The van der Waals surface area contributed by atoms with E-state index in [-0.39, 0.29) is 18.5 Å². The van der Waals surface area contributed by atoms with Gasteiger partial charge in [-0.25, -0.2) is 23.6 Å². The van der Waals surface area contributed by atoms with E-state index in [9.17, 15) is 18.0 Å². The quantitative estimate of drug-likeness (QED) is 0.417. The number of aryl methyl sites for hydroxylation is 1. The number of carbonyl (C=O) groups excluding carboxylic acids is 1. The molecule has 10 nitrogen and oxygen atoms in total. The highest BCUT2D eigenvalue weighted by Gasteiger charge is 2.43. The van der Waals surface area contributed by atoms with Crippen LogP contribution in [0.3, 0.4) is 0 Å². The second-order valence-electron chi connectivity index (χ2n) is 7.03. The van der Waals surface area contributed by atoms with Crippen molar-refractivity contribution in [2.24, 2.45) is 0 Å². The number of aromatic nitrogens is 4.